The lowest BCUT2D eigenvalue weighted by molar-refractivity contribution is 0.0951. The summed E-state index contributed by atoms with van der Waals surface area (Å²) in [5, 5.41) is 0. The van der Waals surface area contributed by atoms with E-state index in [1.807, 2.05) is 30.3 Å². The molecule has 102 valence electrons. The van der Waals surface area contributed by atoms with Gasteiger partial charge in [-0.15, -0.1) is 0 Å². The molecule has 1 aliphatic rings. The number of methoxy groups -OCH3 is 1. The van der Waals surface area contributed by atoms with Crippen molar-refractivity contribution in [3.8, 4) is 5.75 Å². The SMILES string of the molecule is COc1ccc(C(=O)[C@@H]2CCCc3ccccc32)cc1. The maximum Gasteiger partial charge on any atom is 0.170 e. The maximum absolute atomic E-state index is 12.7. The van der Waals surface area contributed by atoms with E-state index in [9.17, 15) is 4.79 Å². The van der Waals surface area contributed by atoms with Crippen LogP contribution in [0.5, 0.6) is 5.75 Å². The maximum atomic E-state index is 12.7. The van der Waals surface area contributed by atoms with Gasteiger partial charge in [0, 0.05) is 11.5 Å². The van der Waals surface area contributed by atoms with Gasteiger partial charge in [-0.2, -0.15) is 0 Å². The largest absolute Gasteiger partial charge is 0.497 e. The molecule has 0 aliphatic heterocycles. The van der Waals surface area contributed by atoms with Gasteiger partial charge in [0.05, 0.1) is 7.11 Å². The lowest BCUT2D eigenvalue weighted by atomic mass is 9.79. The van der Waals surface area contributed by atoms with Gasteiger partial charge >= 0.3 is 0 Å². The summed E-state index contributed by atoms with van der Waals surface area (Å²) in [6, 6.07) is 15.7. The molecule has 0 heterocycles. The Morgan fingerprint density at radius 3 is 2.60 bits per heavy atom. The van der Waals surface area contributed by atoms with Crippen LogP contribution in [0, 0.1) is 0 Å². The number of carbonyl (C=O) groups is 1. The van der Waals surface area contributed by atoms with Gasteiger partial charge in [-0.1, -0.05) is 24.3 Å². The van der Waals surface area contributed by atoms with Gasteiger partial charge in [0.1, 0.15) is 5.75 Å². The number of fused-ring (bicyclic) bond motifs is 1. The zero-order chi connectivity index (χ0) is 13.9. The molecule has 0 radical (unpaired) electrons. The van der Waals surface area contributed by atoms with E-state index in [1.54, 1.807) is 7.11 Å². The van der Waals surface area contributed by atoms with Crippen molar-refractivity contribution in [1.82, 2.24) is 0 Å². The Hall–Kier alpha value is -2.09. The molecule has 20 heavy (non-hydrogen) atoms. The normalized spacial score (nSPS) is 17.4. The van der Waals surface area contributed by atoms with E-state index >= 15 is 0 Å². The molecule has 0 saturated heterocycles. The molecule has 0 N–H and O–H groups in total. The van der Waals surface area contributed by atoms with Crippen molar-refractivity contribution in [3.05, 3.63) is 65.2 Å². The van der Waals surface area contributed by atoms with E-state index in [0.29, 0.717) is 0 Å². The Labute approximate surface area is 119 Å². The van der Waals surface area contributed by atoms with Crippen LogP contribution in [-0.2, 0) is 6.42 Å². The minimum Gasteiger partial charge on any atom is -0.497 e. The second-order valence-corrected chi connectivity index (χ2v) is 5.24. The number of aryl methyl sites for hydroxylation is 1. The fraction of sp³-hybridized carbons (Fsp3) is 0.278. The lowest BCUT2D eigenvalue weighted by Gasteiger charge is -2.24. The monoisotopic (exact) mass is 266 g/mol. The van der Waals surface area contributed by atoms with E-state index in [2.05, 4.69) is 18.2 Å². The first-order valence-electron chi connectivity index (χ1n) is 7.05. The van der Waals surface area contributed by atoms with Gasteiger partial charge in [-0.3, -0.25) is 4.79 Å². The molecule has 3 rings (SSSR count). The number of rotatable bonds is 3. The number of Topliss-reactive ketones (excluding diaryl/α,β-unsaturated/α-hetero) is 1. The van der Waals surface area contributed by atoms with Gasteiger partial charge in [0.2, 0.25) is 0 Å². The standard InChI is InChI=1S/C18H18O2/c1-20-15-11-9-14(10-12-15)18(19)17-8-4-6-13-5-2-3-7-16(13)17/h2-3,5,7,9-12,17H,4,6,8H2,1H3/t17-/m1/s1. The fourth-order valence-corrected chi connectivity index (χ4v) is 2.98. The number of ether oxygens (including phenoxy) is 1. The first-order valence-corrected chi connectivity index (χ1v) is 7.05. The van der Waals surface area contributed by atoms with Crippen molar-refractivity contribution in [1.29, 1.82) is 0 Å². The average Bonchev–Trinajstić information content (AvgIpc) is 2.54. The summed E-state index contributed by atoms with van der Waals surface area (Å²) >= 11 is 0. The van der Waals surface area contributed by atoms with Gasteiger partial charge < -0.3 is 4.74 Å². The minimum atomic E-state index is 0.00773. The summed E-state index contributed by atoms with van der Waals surface area (Å²) in [5.41, 5.74) is 3.30. The molecule has 0 saturated carbocycles. The third-order valence-electron chi connectivity index (χ3n) is 4.06. The van der Waals surface area contributed by atoms with Crippen LogP contribution >= 0.6 is 0 Å². The molecule has 0 fully saturated rings. The Kier molecular flexibility index (Phi) is 3.55. The lowest BCUT2D eigenvalue weighted by Crippen LogP contribution is -2.18. The van der Waals surface area contributed by atoms with Crippen molar-refractivity contribution in [2.24, 2.45) is 0 Å². The van der Waals surface area contributed by atoms with Crippen LogP contribution in [-0.4, -0.2) is 12.9 Å². The van der Waals surface area contributed by atoms with Crippen molar-refractivity contribution in [2.75, 3.05) is 7.11 Å². The Morgan fingerprint density at radius 2 is 1.85 bits per heavy atom. The summed E-state index contributed by atoms with van der Waals surface area (Å²) in [6.45, 7) is 0. The smallest absolute Gasteiger partial charge is 0.170 e. The molecule has 2 heteroatoms. The fourth-order valence-electron chi connectivity index (χ4n) is 2.98. The molecular formula is C18H18O2. The van der Waals surface area contributed by atoms with Crippen LogP contribution in [0.25, 0.3) is 0 Å². The van der Waals surface area contributed by atoms with E-state index in [1.165, 1.54) is 11.1 Å². The number of carbonyl (C=O) groups excluding carboxylic acids is 1. The van der Waals surface area contributed by atoms with Crippen LogP contribution in [0.15, 0.2) is 48.5 Å². The predicted molar refractivity (Wildman–Crippen MR) is 79.4 cm³/mol. The summed E-state index contributed by atoms with van der Waals surface area (Å²) < 4.78 is 5.14. The van der Waals surface area contributed by atoms with Crippen molar-refractivity contribution >= 4 is 5.78 Å². The minimum absolute atomic E-state index is 0.00773. The third kappa shape index (κ3) is 2.34. The molecule has 2 nitrogen and oxygen atoms in total. The summed E-state index contributed by atoms with van der Waals surface area (Å²) in [7, 11) is 1.63. The molecule has 0 unspecified atom stereocenters. The van der Waals surface area contributed by atoms with E-state index in [-0.39, 0.29) is 11.7 Å². The third-order valence-corrected chi connectivity index (χ3v) is 4.06. The highest BCUT2D eigenvalue weighted by atomic mass is 16.5. The number of benzene rings is 2. The molecule has 0 bridgehead atoms. The molecule has 1 atom stereocenters. The number of hydrogen-bond donors (Lipinski definition) is 0. The Balaban J connectivity index is 1.91. The van der Waals surface area contributed by atoms with Gasteiger partial charge in [-0.25, -0.2) is 0 Å². The Morgan fingerprint density at radius 1 is 1.10 bits per heavy atom. The van der Waals surface area contributed by atoms with E-state index in [4.69, 9.17) is 4.74 Å². The second-order valence-electron chi connectivity index (χ2n) is 5.24. The topological polar surface area (TPSA) is 26.3 Å². The van der Waals surface area contributed by atoms with E-state index < -0.39 is 0 Å². The van der Waals surface area contributed by atoms with Gasteiger partial charge in [0.15, 0.2) is 5.78 Å². The van der Waals surface area contributed by atoms with Crippen LogP contribution in [0.4, 0.5) is 0 Å². The first-order chi connectivity index (χ1) is 9.79. The first kappa shape index (κ1) is 12.9. The molecular weight excluding hydrogens is 248 g/mol. The molecule has 0 aromatic heterocycles. The molecule has 2 aromatic carbocycles. The van der Waals surface area contributed by atoms with Gasteiger partial charge in [0.25, 0.3) is 0 Å². The predicted octanol–water partition coefficient (Wildman–Crippen LogP) is 4.00. The number of hydrogen-bond acceptors (Lipinski definition) is 2. The molecule has 0 amide bonds. The van der Waals surface area contributed by atoms with Crippen LogP contribution in [0.3, 0.4) is 0 Å². The van der Waals surface area contributed by atoms with Crippen LogP contribution in [0.2, 0.25) is 0 Å². The second kappa shape index (κ2) is 5.49. The van der Waals surface area contributed by atoms with Crippen molar-refractivity contribution in [2.45, 2.75) is 25.2 Å². The zero-order valence-electron chi connectivity index (χ0n) is 11.6. The summed E-state index contributed by atoms with van der Waals surface area (Å²) in [5.74, 6) is 1.01. The molecule has 1 aliphatic carbocycles. The quantitative estimate of drug-likeness (QED) is 0.785. The van der Waals surface area contributed by atoms with Crippen LogP contribution in [0.1, 0.15) is 40.2 Å². The van der Waals surface area contributed by atoms with Gasteiger partial charge in [-0.05, 0) is 54.7 Å². The average molecular weight is 266 g/mol. The van der Waals surface area contributed by atoms with E-state index in [0.717, 1.165) is 30.6 Å². The van der Waals surface area contributed by atoms with Crippen LogP contribution < -0.4 is 4.74 Å². The summed E-state index contributed by atoms with van der Waals surface area (Å²) in [6.07, 6.45) is 3.12. The van der Waals surface area contributed by atoms with Crippen molar-refractivity contribution in [3.63, 3.8) is 0 Å². The molecule has 0 spiro atoms. The highest BCUT2D eigenvalue weighted by Gasteiger charge is 2.26. The Bertz CT molecular complexity index is 614. The zero-order valence-corrected chi connectivity index (χ0v) is 11.6. The number of ketones is 1. The van der Waals surface area contributed by atoms with Crippen molar-refractivity contribution < 1.29 is 9.53 Å². The highest BCUT2D eigenvalue weighted by Crippen LogP contribution is 2.34. The highest BCUT2D eigenvalue weighted by molar-refractivity contribution is 6.01. The summed E-state index contributed by atoms with van der Waals surface area (Å²) in [4.78, 5) is 12.7. The molecule has 2 aromatic rings.